The number of nitrogens with zero attached hydrogens (tertiary/aromatic N) is 1. The molecule has 0 amide bonds. The van der Waals surface area contributed by atoms with E-state index in [1.54, 1.807) is 0 Å². The van der Waals surface area contributed by atoms with E-state index in [2.05, 4.69) is 11.8 Å². The van der Waals surface area contributed by atoms with Crippen LogP contribution in [0.5, 0.6) is 5.75 Å². The molecule has 1 saturated heterocycles. The summed E-state index contributed by atoms with van der Waals surface area (Å²) < 4.78 is 5.83. The Hall–Kier alpha value is -0.480. The highest BCUT2D eigenvalue weighted by Crippen LogP contribution is 2.24. The van der Waals surface area contributed by atoms with E-state index in [1.165, 1.54) is 24.9 Å². The molecule has 3 nitrogen and oxygen atoms in total. The van der Waals surface area contributed by atoms with Gasteiger partial charge in [0.05, 0.1) is 6.61 Å². The molecular formula is C17H28Cl2N2O. The van der Waals surface area contributed by atoms with Crippen LogP contribution >= 0.6 is 24.0 Å². The number of hydrogen-bond donors (Lipinski definition) is 1. The minimum Gasteiger partial charge on any atom is -0.493 e. The highest BCUT2D eigenvalue weighted by molar-refractivity contribution is 6.30. The fraction of sp³-hybridized carbons (Fsp3) is 0.647. The molecule has 0 spiro atoms. The predicted molar refractivity (Wildman–Crippen MR) is 96.4 cm³/mol. The average Bonchev–Trinajstić information content (AvgIpc) is 2.52. The molecule has 1 fully saturated rings. The van der Waals surface area contributed by atoms with Crippen molar-refractivity contribution in [2.45, 2.75) is 32.6 Å². The maximum Gasteiger partial charge on any atom is 0.122 e. The number of nitrogens with two attached hydrogens (primary N) is 1. The number of hydrogen-bond acceptors (Lipinski definition) is 3. The van der Waals surface area contributed by atoms with Gasteiger partial charge in [-0.3, -0.25) is 0 Å². The van der Waals surface area contributed by atoms with Crippen LogP contribution in [-0.2, 0) is 6.42 Å². The monoisotopic (exact) mass is 346 g/mol. The van der Waals surface area contributed by atoms with Gasteiger partial charge in [0, 0.05) is 18.1 Å². The quantitative estimate of drug-likeness (QED) is 0.816. The highest BCUT2D eigenvalue weighted by atomic mass is 35.5. The Balaban J connectivity index is 0.00000242. The molecule has 126 valence electrons. The smallest absolute Gasteiger partial charge is 0.122 e. The van der Waals surface area contributed by atoms with Gasteiger partial charge in [0.15, 0.2) is 0 Å². The molecule has 1 aliphatic rings. The van der Waals surface area contributed by atoms with Gasteiger partial charge in [-0.05, 0) is 68.5 Å². The molecule has 1 aromatic carbocycles. The summed E-state index contributed by atoms with van der Waals surface area (Å²) in [6.45, 7) is 7.05. The first-order valence-electron chi connectivity index (χ1n) is 8.06. The molecule has 0 bridgehead atoms. The molecule has 0 unspecified atom stereocenters. The summed E-state index contributed by atoms with van der Waals surface area (Å²) in [5.41, 5.74) is 7.02. The average molecular weight is 347 g/mol. The standard InChI is InChI=1S/C17H27ClN2O.ClH/c1-2-10-21-17-6-5-16(18)11-15(17)7-9-20-8-3-4-14(12-19)13-20;/h5-6,11,14H,2-4,7-10,12-13,19H2,1H3;1H/t14-;/m0./s1. The fourth-order valence-electron chi connectivity index (χ4n) is 2.92. The van der Waals surface area contributed by atoms with Gasteiger partial charge in [0.1, 0.15) is 5.75 Å². The zero-order chi connectivity index (χ0) is 15.1. The van der Waals surface area contributed by atoms with Crippen molar-refractivity contribution < 1.29 is 4.74 Å². The summed E-state index contributed by atoms with van der Waals surface area (Å²) in [5, 5.41) is 0.785. The van der Waals surface area contributed by atoms with Gasteiger partial charge in [-0.2, -0.15) is 0 Å². The Morgan fingerprint density at radius 2 is 2.23 bits per heavy atom. The van der Waals surface area contributed by atoms with Gasteiger partial charge in [0.25, 0.3) is 0 Å². The number of benzene rings is 1. The number of likely N-dealkylation sites (tertiary alicyclic amines) is 1. The van der Waals surface area contributed by atoms with E-state index in [1.807, 2.05) is 18.2 Å². The normalized spacial score (nSPS) is 18.8. The van der Waals surface area contributed by atoms with Crippen LogP contribution in [0.1, 0.15) is 31.7 Å². The zero-order valence-corrected chi connectivity index (χ0v) is 15.0. The molecule has 22 heavy (non-hydrogen) atoms. The van der Waals surface area contributed by atoms with Crippen LogP contribution in [-0.4, -0.2) is 37.7 Å². The second-order valence-corrected chi connectivity index (χ2v) is 6.33. The molecule has 0 saturated carbocycles. The van der Waals surface area contributed by atoms with Gasteiger partial charge < -0.3 is 15.4 Å². The van der Waals surface area contributed by atoms with Gasteiger partial charge in [0.2, 0.25) is 0 Å². The molecule has 0 aliphatic carbocycles. The minimum absolute atomic E-state index is 0. The first kappa shape index (κ1) is 19.6. The Morgan fingerprint density at radius 1 is 1.41 bits per heavy atom. The van der Waals surface area contributed by atoms with Gasteiger partial charge >= 0.3 is 0 Å². The number of ether oxygens (including phenoxy) is 1. The summed E-state index contributed by atoms with van der Waals surface area (Å²) in [6.07, 6.45) is 4.54. The summed E-state index contributed by atoms with van der Waals surface area (Å²) >= 11 is 6.13. The van der Waals surface area contributed by atoms with Crippen molar-refractivity contribution in [1.29, 1.82) is 0 Å². The molecule has 0 aromatic heterocycles. The lowest BCUT2D eigenvalue weighted by Crippen LogP contribution is -2.39. The SMILES string of the molecule is CCCOc1ccc(Cl)cc1CCN1CCC[C@@H](CN)C1.Cl. The second kappa shape index (κ2) is 10.3. The van der Waals surface area contributed by atoms with Crippen molar-refractivity contribution in [2.24, 2.45) is 11.7 Å². The van der Waals surface area contributed by atoms with Crippen molar-refractivity contribution in [3.63, 3.8) is 0 Å². The van der Waals surface area contributed by atoms with E-state index in [0.29, 0.717) is 5.92 Å². The van der Waals surface area contributed by atoms with E-state index >= 15 is 0 Å². The molecular weight excluding hydrogens is 319 g/mol. The largest absolute Gasteiger partial charge is 0.493 e. The lowest BCUT2D eigenvalue weighted by atomic mass is 9.98. The topological polar surface area (TPSA) is 38.5 Å². The summed E-state index contributed by atoms with van der Waals surface area (Å²) in [7, 11) is 0. The van der Waals surface area contributed by atoms with Crippen LogP contribution in [0.2, 0.25) is 5.02 Å². The van der Waals surface area contributed by atoms with Crippen LogP contribution in [0.3, 0.4) is 0 Å². The molecule has 5 heteroatoms. The minimum atomic E-state index is 0. The van der Waals surface area contributed by atoms with E-state index in [-0.39, 0.29) is 12.4 Å². The number of halogens is 2. The van der Waals surface area contributed by atoms with Crippen LogP contribution in [0.4, 0.5) is 0 Å². The molecule has 1 heterocycles. The van der Waals surface area contributed by atoms with Crippen molar-refractivity contribution >= 4 is 24.0 Å². The van der Waals surface area contributed by atoms with Crippen LogP contribution in [0.15, 0.2) is 18.2 Å². The Bertz CT molecular complexity index is 443. The third kappa shape index (κ3) is 5.96. The first-order chi connectivity index (χ1) is 10.2. The van der Waals surface area contributed by atoms with E-state index in [4.69, 9.17) is 22.1 Å². The number of rotatable bonds is 7. The van der Waals surface area contributed by atoms with E-state index in [9.17, 15) is 0 Å². The maximum absolute atomic E-state index is 6.13. The van der Waals surface area contributed by atoms with E-state index < -0.39 is 0 Å². The highest BCUT2D eigenvalue weighted by Gasteiger charge is 2.18. The molecule has 1 aromatic rings. The third-order valence-corrected chi connectivity index (χ3v) is 4.35. The lowest BCUT2D eigenvalue weighted by Gasteiger charge is -2.32. The van der Waals surface area contributed by atoms with Crippen molar-refractivity contribution in [3.8, 4) is 5.75 Å². The summed E-state index contributed by atoms with van der Waals surface area (Å²) in [5.74, 6) is 1.64. The Labute approximate surface area is 145 Å². The van der Waals surface area contributed by atoms with Crippen molar-refractivity contribution in [2.75, 3.05) is 32.8 Å². The van der Waals surface area contributed by atoms with Gasteiger partial charge in [-0.1, -0.05) is 18.5 Å². The van der Waals surface area contributed by atoms with Crippen LogP contribution in [0, 0.1) is 5.92 Å². The zero-order valence-electron chi connectivity index (χ0n) is 13.4. The molecule has 2 rings (SSSR count). The first-order valence-corrected chi connectivity index (χ1v) is 8.44. The van der Waals surface area contributed by atoms with E-state index in [0.717, 1.165) is 49.9 Å². The fourth-order valence-corrected chi connectivity index (χ4v) is 3.12. The number of piperidine rings is 1. The van der Waals surface area contributed by atoms with Gasteiger partial charge in [-0.15, -0.1) is 12.4 Å². The Kier molecular flexibility index (Phi) is 9.18. The second-order valence-electron chi connectivity index (χ2n) is 5.90. The van der Waals surface area contributed by atoms with Crippen LogP contribution < -0.4 is 10.5 Å². The predicted octanol–water partition coefficient (Wildman–Crippen LogP) is 3.76. The molecule has 1 atom stereocenters. The summed E-state index contributed by atoms with van der Waals surface area (Å²) in [4.78, 5) is 2.52. The van der Waals surface area contributed by atoms with Crippen LogP contribution in [0.25, 0.3) is 0 Å². The summed E-state index contributed by atoms with van der Waals surface area (Å²) in [6, 6.07) is 5.94. The molecule has 0 radical (unpaired) electrons. The van der Waals surface area contributed by atoms with Gasteiger partial charge in [-0.25, -0.2) is 0 Å². The maximum atomic E-state index is 6.13. The lowest BCUT2D eigenvalue weighted by molar-refractivity contribution is 0.179. The molecule has 1 aliphatic heterocycles. The Morgan fingerprint density at radius 3 is 2.95 bits per heavy atom. The third-order valence-electron chi connectivity index (χ3n) is 4.12. The van der Waals surface area contributed by atoms with Crippen molar-refractivity contribution in [1.82, 2.24) is 4.90 Å². The van der Waals surface area contributed by atoms with Crippen molar-refractivity contribution in [3.05, 3.63) is 28.8 Å². The molecule has 2 N–H and O–H groups in total.